The van der Waals surface area contributed by atoms with Crippen molar-refractivity contribution in [3.05, 3.63) is 0 Å². The van der Waals surface area contributed by atoms with Crippen LogP contribution in [0.2, 0.25) is 0 Å². The maximum Gasteiger partial charge on any atom is 0.104 e. The lowest BCUT2D eigenvalue weighted by molar-refractivity contribution is -0.233. The van der Waals surface area contributed by atoms with E-state index in [4.69, 9.17) is 14.2 Å². The molecule has 3 heteroatoms. The summed E-state index contributed by atoms with van der Waals surface area (Å²) in [5.41, 5.74) is 0.188. The Labute approximate surface area is 168 Å². The first-order valence-corrected chi connectivity index (χ1v) is 12.0. The highest BCUT2D eigenvalue weighted by molar-refractivity contribution is 5.06. The second-order valence-electron chi connectivity index (χ2n) is 8.98. The lowest BCUT2D eigenvalue weighted by Crippen LogP contribution is -2.60. The fraction of sp³-hybridized carbons (Fsp3) is 1.00. The molecule has 2 saturated heterocycles. The summed E-state index contributed by atoms with van der Waals surface area (Å²) in [4.78, 5) is 0. The van der Waals surface area contributed by atoms with E-state index in [0.29, 0.717) is 12.2 Å². The van der Waals surface area contributed by atoms with Gasteiger partial charge in [0.2, 0.25) is 0 Å². The molecular formula is C24H46O3. The quantitative estimate of drug-likeness (QED) is 0.296. The molecule has 3 atom stereocenters. The lowest BCUT2D eigenvalue weighted by atomic mass is 9.57. The van der Waals surface area contributed by atoms with Crippen LogP contribution in [0.25, 0.3) is 0 Å². The number of hydrogen-bond acceptors (Lipinski definition) is 3. The van der Waals surface area contributed by atoms with Crippen LogP contribution in [0.4, 0.5) is 0 Å². The summed E-state index contributed by atoms with van der Waals surface area (Å²) in [5, 5.41) is 0. The summed E-state index contributed by atoms with van der Waals surface area (Å²) in [6, 6.07) is 0. The summed E-state index contributed by atoms with van der Waals surface area (Å²) in [5.74, 6) is 0. The minimum absolute atomic E-state index is 0.0106. The van der Waals surface area contributed by atoms with Crippen molar-refractivity contribution in [2.24, 2.45) is 5.41 Å². The molecule has 0 aromatic heterocycles. The molecule has 0 radical (unpaired) electrons. The van der Waals surface area contributed by atoms with Crippen LogP contribution in [-0.2, 0) is 14.2 Å². The van der Waals surface area contributed by atoms with Gasteiger partial charge in [0.25, 0.3) is 0 Å². The van der Waals surface area contributed by atoms with Crippen LogP contribution < -0.4 is 0 Å². The van der Waals surface area contributed by atoms with Gasteiger partial charge in [-0.3, -0.25) is 0 Å². The van der Waals surface area contributed by atoms with Gasteiger partial charge in [-0.05, 0) is 38.5 Å². The van der Waals surface area contributed by atoms with Gasteiger partial charge in [-0.1, -0.05) is 72.6 Å². The molecule has 3 unspecified atom stereocenters. The largest absolute Gasteiger partial charge is 0.375 e. The first-order chi connectivity index (χ1) is 13.2. The minimum Gasteiger partial charge on any atom is -0.375 e. The Morgan fingerprint density at radius 2 is 1.56 bits per heavy atom. The second-order valence-corrected chi connectivity index (χ2v) is 8.98. The number of hydrogen-bond donors (Lipinski definition) is 0. The van der Waals surface area contributed by atoms with Crippen LogP contribution in [0.1, 0.15) is 111 Å². The van der Waals surface area contributed by atoms with E-state index < -0.39 is 0 Å². The molecule has 0 aromatic carbocycles. The van der Waals surface area contributed by atoms with Crippen LogP contribution in [0.5, 0.6) is 0 Å². The maximum absolute atomic E-state index is 6.82. The lowest BCUT2D eigenvalue weighted by Gasteiger charge is -2.57. The zero-order valence-electron chi connectivity index (χ0n) is 18.7. The zero-order valence-corrected chi connectivity index (χ0v) is 18.7. The molecule has 2 aliphatic heterocycles. The van der Waals surface area contributed by atoms with Crippen molar-refractivity contribution in [2.45, 2.75) is 129 Å². The molecule has 0 amide bonds. The van der Waals surface area contributed by atoms with E-state index in [1.54, 1.807) is 0 Å². The predicted molar refractivity (Wildman–Crippen MR) is 113 cm³/mol. The normalized spacial score (nSPS) is 28.2. The fourth-order valence-corrected chi connectivity index (χ4v) is 5.35. The third kappa shape index (κ3) is 5.93. The minimum atomic E-state index is 0.0106. The Balaban J connectivity index is 2.34. The average molecular weight is 383 g/mol. The van der Waals surface area contributed by atoms with Crippen molar-refractivity contribution in [1.29, 1.82) is 0 Å². The monoisotopic (exact) mass is 382 g/mol. The molecule has 3 nitrogen and oxygen atoms in total. The second kappa shape index (κ2) is 11.8. The van der Waals surface area contributed by atoms with E-state index in [1.165, 1.54) is 77.0 Å². The Kier molecular flexibility index (Phi) is 10.1. The first kappa shape index (κ1) is 23.2. The van der Waals surface area contributed by atoms with Crippen molar-refractivity contribution in [3.8, 4) is 0 Å². The van der Waals surface area contributed by atoms with Crippen LogP contribution in [0, 0.1) is 5.41 Å². The number of rotatable bonds is 15. The topological polar surface area (TPSA) is 31.0 Å². The van der Waals surface area contributed by atoms with E-state index in [9.17, 15) is 0 Å². The molecule has 0 aromatic rings. The molecule has 2 aliphatic rings. The van der Waals surface area contributed by atoms with Crippen molar-refractivity contribution in [3.63, 3.8) is 0 Å². The summed E-state index contributed by atoms with van der Waals surface area (Å²) >= 11 is 0. The highest BCUT2D eigenvalue weighted by Crippen LogP contribution is 2.55. The SMILES string of the molecule is CCCCC1(CCCC)OCCCC1(CCCC)C(CCC)OCC1CO1. The molecule has 2 fully saturated rings. The van der Waals surface area contributed by atoms with Crippen molar-refractivity contribution >= 4 is 0 Å². The molecule has 2 heterocycles. The van der Waals surface area contributed by atoms with Crippen molar-refractivity contribution in [1.82, 2.24) is 0 Å². The first-order valence-electron chi connectivity index (χ1n) is 12.0. The van der Waals surface area contributed by atoms with Gasteiger partial charge in [0.05, 0.1) is 24.9 Å². The summed E-state index contributed by atoms with van der Waals surface area (Å²) in [7, 11) is 0. The van der Waals surface area contributed by atoms with Gasteiger partial charge in [-0.25, -0.2) is 0 Å². The molecule has 0 aliphatic carbocycles. The van der Waals surface area contributed by atoms with E-state index in [2.05, 4.69) is 27.7 Å². The van der Waals surface area contributed by atoms with Gasteiger partial charge in [-0.15, -0.1) is 0 Å². The van der Waals surface area contributed by atoms with E-state index in [-0.39, 0.29) is 11.0 Å². The van der Waals surface area contributed by atoms with Gasteiger partial charge in [0, 0.05) is 12.0 Å². The third-order valence-corrected chi connectivity index (χ3v) is 6.95. The summed E-state index contributed by atoms with van der Waals surface area (Å²) < 4.78 is 18.9. The molecule has 2 rings (SSSR count). The van der Waals surface area contributed by atoms with Crippen LogP contribution in [0.3, 0.4) is 0 Å². The molecule has 0 spiro atoms. The molecular weight excluding hydrogens is 336 g/mol. The molecule has 0 N–H and O–H groups in total. The summed E-state index contributed by atoms with van der Waals surface area (Å²) in [6.07, 6.45) is 16.7. The van der Waals surface area contributed by atoms with E-state index in [1.807, 2.05) is 0 Å². The summed E-state index contributed by atoms with van der Waals surface area (Å²) in [6.45, 7) is 11.9. The highest BCUT2D eigenvalue weighted by Gasteiger charge is 2.56. The number of epoxide rings is 1. The Hall–Kier alpha value is -0.120. The van der Waals surface area contributed by atoms with Gasteiger partial charge in [0.15, 0.2) is 0 Å². The van der Waals surface area contributed by atoms with Gasteiger partial charge in [0.1, 0.15) is 6.10 Å². The van der Waals surface area contributed by atoms with Gasteiger partial charge >= 0.3 is 0 Å². The Bertz CT molecular complexity index is 385. The zero-order chi connectivity index (χ0) is 19.6. The van der Waals surface area contributed by atoms with Crippen LogP contribution in [0.15, 0.2) is 0 Å². The van der Waals surface area contributed by atoms with Crippen LogP contribution >= 0.6 is 0 Å². The Morgan fingerprint density at radius 3 is 2.11 bits per heavy atom. The fourth-order valence-electron chi connectivity index (χ4n) is 5.35. The maximum atomic E-state index is 6.82. The highest BCUT2D eigenvalue weighted by atomic mass is 16.6. The molecule has 27 heavy (non-hydrogen) atoms. The molecule has 0 bridgehead atoms. The van der Waals surface area contributed by atoms with Crippen LogP contribution in [-0.4, -0.2) is 37.6 Å². The predicted octanol–water partition coefficient (Wildman–Crippen LogP) is 6.68. The molecule has 0 saturated carbocycles. The molecule has 160 valence electrons. The number of ether oxygens (including phenoxy) is 3. The Morgan fingerprint density at radius 1 is 0.926 bits per heavy atom. The van der Waals surface area contributed by atoms with Crippen molar-refractivity contribution in [2.75, 3.05) is 19.8 Å². The van der Waals surface area contributed by atoms with E-state index in [0.717, 1.165) is 26.2 Å². The van der Waals surface area contributed by atoms with Crippen molar-refractivity contribution < 1.29 is 14.2 Å². The third-order valence-electron chi connectivity index (χ3n) is 6.95. The van der Waals surface area contributed by atoms with Gasteiger partial charge < -0.3 is 14.2 Å². The average Bonchev–Trinajstić information content (AvgIpc) is 3.52. The van der Waals surface area contributed by atoms with E-state index >= 15 is 0 Å². The smallest absolute Gasteiger partial charge is 0.104 e. The standard InChI is InChI=1S/C24H46O3/c1-5-9-14-23(22(13-8-4)26-20-21-19-25-21)15-12-18-27-24(23,16-10-6-2)17-11-7-3/h21-22H,5-20H2,1-4H3. The van der Waals surface area contributed by atoms with Gasteiger partial charge in [-0.2, -0.15) is 0 Å². The number of unbranched alkanes of at least 4 members (excludes halogenated alkanes) is 3.